The summed E-state index contributed by atoms with van der Waals surface area (Å²) in [4.78, 5) is 53.8. The van der Waals surface area contributed by atoms with Crippen molar-refractivity contribution in [2.24, 2.45) is 10.8 Å². The fourth-order valence-corrected chi connectivity index (χ4v) is 4.49. The van der Waals surface area contributed by atoms with Crippen molar-refractivity contribution in [2.75, 3.05) is 13.7 Å². The predicted molar refractivity (Wildman–Crippen MR) is 162 cm³/mol. The van der Waals surface area contributed by atoms with Crippen molar-refractivity contribution in [2.45, 2.75) is 78.6 Å². The average molecular weight is 600 g/mol. The molecule has 6 N–H and O–H groups in total. The van der Waals surface area contributed by atoms with Crippen molar-refractivity contribution >= 4 is 24.0 Å². The van der Waals surface area contributed by atoms with E-state index in [1.165, 1.54) is 7.11 Å². The molecule has 4 atom stereocenters. The van der Waals surface area contributed by atoms with Gasteiger partial charge in [0.15, 0.2) is 0 Å². The molecular weight excluding hydrogens is 554 g/mol. The lowest BCUT2D eigenvalue weighted by atomic mass is 9.85. The fourth-order valence-electron chi connectivity index (χ4n) is 4.49. The molecule has 0 spiro atoms. The van der Waals surface area contributed by atoms with Gasteiger partial charge in [0.05, 0.1) is 18.9 Å². The number of methoxy groups -OCH3 is 1. The molecule has 0 fully saturated rings. The summed E-state index contributed by atoms with van der Waals surface area (Å²) in [7, 11) is 1.20. The van der Waals surface area contributed by atoms with E-state index in [2.05, 4.69) is 31.0 Å². The van der Waals surface area contributed by atoms with Gasteiger partial charge in [-0.05, 0) is 41.4 Å². The van der Waals surface area contributed by atoms with Crippen LogP contribution in [0.1, 0.15) is 53.5 Å². The van der Waals surface area contributed by atoms with E-state index in [4.69, 9.17) is 0 Å². The predicted octanol–water partition coefficient (Wildman–Crippen LogP) is 3.10. The van der Waals surface area contributed by atoms with E-state index >= 15 is 0 Å². The Hall–Kier alpha value is -4.19. The van der Waals surface area contributed by atoms with Crippen LogP contribution in [0.15, 0.2) is 48.7 Å². The summed E-state index contributed by atoms with van der Waals surface area (Å²) in [5.41, 5.74) is 1.24. The van der Waals surface area contributed by atoms with Gasteiger partial charge in [0.25, 0.3) is 0 Å². The van der Waals surface area contributed by atoms with Gasteiger partial charge in [-0.15, -0.1) is 0 Å². The summed E-state index contributed by atoms with van der Waals surface area (Å²) in [6, 6.07) is 10.7. The number of nitrogens with one attached hydrogen (secondary N) is 4. The van der Waals surface area contributed by atoms with Crippen LogP contribution in [0.3, 0.4) is 0 Å². The van der Waals surface area contributed by atoms with Crippen LogP contribution in [0.4, 0.5) is 9.59 Å². The van der Waals surface area contributed by atoms with Gasteiger partial charge in [-0.1, -0.05) is 71.9 Å². The Kier molecular flexibility index (Phi) is 12.5. The molecule has 0 aliphatic carbocycles. The van der Waals surface area contributed by atoms with Gasteiger partial charge in [0.1, 0.15) is 12.1 Å². The molecule has 4 amide bonds. The molecule has 1 heterocycles. The SMILES string of the molecule is COC(=O)NC(C(=O)NCC(O)CC(Cc1ccc(-c2ccccn2)cc1)NC(=O)C(NC(=O)O)C(C)(C)C)C(C)(C)C. The molecule has 1 aromatic heterocycles. The molecule has 0 aliphatic heterocycles. The topological polar surface area (TPSA) is 179 Å². The molecule has 4 unspecified atom stereocenters. The van der Waals surface area contributed by atoms with Crippen molar-refractivity contribution in [1.82, 2.24) is 26.3 Å². The minimum absolute atomic E-state index is 0.0581. The van der Waals surface area contributed by atoms with E-state index in [1.54, 1.807) is 47.7 Å². The van der Waals surface area contributed by atoms with Crippen LogP contribution < -0.4 is 21.3 Å². The van der Waals surface area contributed by atoms with Crippen molar-refractivity contribution in [3.63, 3.8) is 0 Å². The monoisotopic (exact) mass is 599 g/mol. The van der Waals surface area contributed by atoms with Crippen LogP contribution in [0.5, 0.6) is 0 Å². The summed E-state index contributed by atoms with van der Waals surface area (Å²) in [5.74, 6) is -1.03. The Morgan fingerprint density at radius 2 is 1.47 bits per heavy atom. The first-order valence-corrected chi connectivity index (χ1v) is 14.1. The number of aliphatic hydroxyl groups excluding tert-OH is 1. The number of carbonyl (C=O) groups is 4. The third-order valence-electron chi connectivity index (χ3n) is 6.78. The van der Waals surface area contributed by atoms with E-state index in [0.717, 1.165) is 16.8 Å². The van der Waals surface area contributed by atoms with Crippen LogP contribution in [-0.4, -0.2) is 77.1 Å². The molecule has 43 heavy (non-hydrogen) atoms. The standard InChI is InChI=1S/C31H45N5O7/c1-30(2,3)24(36-29(42)43-7)26(38)33-18-22(37)17-21(34-27(39)25(31(4,5)6)35-28(40)41)16-19-11-13-20(14-12-19)23-10-8-9-15-32-23/h8-15,21-22,24-25,35,37H,16-18H2,1-7H3,(H,33,38)(H,34,39)(H,36,42)(H,40,41). The van der Waals surface area contributed by atoms with Crippen LogP contribution in [-0.2, 0) is 20.7 Å². The van der Waals surface area contributed by atoms with Crippen LogP contribution >= 0.6 is 0 Å². The van der Waals surface area contributed by atoms with Gasteiger partial charge in [0.2, 0.25) is 11.8 Å². The lowest BCUT2D eigenvalue weighted by Crippen LogP contribution is -2.56. The molecule has 0 saturated carbocycles. The largest absolute Gasteiger partial charge is 0.465 e. The second-order valence-electron chi connectivity index (χ2n) is 12.6. The summed E-state index contributed by atoms with van der Waals surface area (Å²) in [5, 5.41) is 30.6. The fraction of sp³-hybridized carbons (Fsp3) is 0.516. The Bertz CT molecular complexity index is 1220. The molecule has 0 saturated heterocycles. The molecule has 0 aliphatic rings. The molecule has 1 aromatic carbocycles. The average Bonchev–Trinajstić information content (AvgIpc) is 2.92. The van der Waals surface area contributed by atoms with Gasteiger partial charge in [-0.25, -0.2) is 9.59 Å². The second-order valence-corrected chi connectivity index (χ2v) is 12.6. The maximum absolute atomic E-state index is 13.3. The number of benzene rings is 1. The number of amides is 4. The molecule has 236 valence electrons. The van der Waals surface area contributed by atoms with Gasteiger partial charge in [-0.3, -0.25) is 14.6 Å². The normalized spacial score (nSPS) is 14.4. The number of rotatable bonds is 12. The number of carboxylic acid groups (broad SMARTS) is 1. The third-order valence-corrected chi connectivity index (χ3v) is 6.78. The maximum Gasteiger partial charge on any atom is 0.407 e. The Morgan fingerprint density at radius 1 is 0.860 bits per heavy atom. The minimum Gasteiger partial charge on any atom is -0.465 e. The number of hydrogen-bond donors (Lipinski definition) is 6. The maximum atomic E-state index is 13.3. The molecule has 2 rings (SSSR count). The molecular formula is C31H45N5O7. The van der Waals surface area contributed by atoms with E-state index < -0.39 is 59.1 Å². The highest BCUT2D eigenvalue weighted by Gasteiger charge is 2.35. The molecule has 2 aromatic rings. The molecule has 0 radical (unpaired) electrons. The summed E-state index contributed by atoms with van der Waals surface area (Å²) >= 11 is 0. The molecule has 0 bridgehead atoms. The summed E-state index contributed by atoms with van der Waals surface area (Å²) in [6.45, 7) is 10.4. The van der Waals surface area contributed by atoms with Crippen LogP contribution in [0.25, 0.3) is 11.3 Å². The van der Waals surface area contributed by atoms with Gasteiger partial charge in [-0.2, -0.15) is 0 Å². The molecule has 12 heteroatoms. The molecule has 12 nitrogen and oxygen atoms in total. The van der Waals surface area contributed by atoms with E-state index in [0.29, 0.717) is 6.42 Å². The number of ether oxygens (including phenoxy) is 1. The Labute approximate surface area is 253 Å². The summed E-state index contributed by atoms with van der Waals surface area (Å²) in [6.07, 6.45) is -1.05. The Balaban J connectivity index is 2.21. The first-order chi connectivity index (χ1) is 20.0. The van der Waals surface area contributed by atoms with Gasteiger partial charge < -0.3 is 36.2 Å². The highest BCUT2D eigenvalue weighted by Crippen LogP contribution is 2.22. The first kappa shape index (κ1) is 35.0. The van der Waals surface area contributed by atoms with E-state index in [-0.39, 0.29) is 13.0 Å². The zero-order valence-corrected chi connectivity index (χ0v) is 25.9. The number of nitrogens with zero attached hydrogens (tertiary/aromatic N) is 1. The quantitative estimate of drug-likeness (QED) is 0.215. The highest BCUT2D eigenvalue weighted by atomic mass is 16.5. The highest BCUT2D eigenvalue weighted by molar-refractivity contribution is 5.87. The van der Waals surface area contributed by atoms with Crippen LogP contribution in [0, 0.1) is 10.8 Å². The zero-order chi connectivity index (χ0) is 32.4. The minimum atomic E-state index is -1.33. The second kappa shape index (κ2) is 15.3. The summed E-state index contributed by atoms with van der Waals surface area (Å²) < 4.78 is 4.63. The lowest BCUT2D eigenvalue weighted by molar-refractivity contribution is -0.127. The lowest BCUT2D eigenvalue weighted by Gasteiger charge is -2.32. The number of aliphatic hydroxyl groups is 1. The van der Waals surface area contributed by atoms with E-state index in [9.17, 15) is 29.4 Å². The number of carbonyl (C=O) groups excluding carboxylic acids is 3. The number of alkyl carbamates (subject to hydrolysis) is 1. The first-order valence-electron chi connectivity index (χ1n) is 14.1. The van der Waals surface area contributed by atoms with Crippen molar-refractivity contribution < 1.29 is 34.1 Å². The van der Waals surface area contributed by atoms with Gasteiger partial charge >= 0.3 is 12.2 Å². The number of aromatic nitrogens is 1. The smallest absolute Gasteiger partial charge is 0.407 e. The van der Waals surface area contributed by atoms with Crippen LogP contribution in [0.2, 0.25) is 0 Å². The van der Waals surface area contributed by atoms with Crippen molar-refractivity contribution in [1.29, 1.82) is 0 Å². The van der Waals surface area contributed by atoms with E-state index in [1.807, 2.05) is 42.5 Å². The Morgan fingerprint density at radius 3 is 1.98 bits per heavy atom. The van der Waals surface area contributed by atoms with Crippen molar-refractivity contribution in [3.05, 3.63) is 54.2 Å². The number of pyridine rings is 1. The third kappa shape index (κ3) is 11.5. The van der Waals surface area contributed by atoms with Crippen molar-refractivity contribution in [3.8, 4) is 11.3 Å². The zero-order valence-electron chi connectivity index (χ0n) is 25.9. The number of hydrogen-bond acceptors (Lipinski definition) is 7. The van der Waals surface area contributed by atoms with Gasteiger partial charge in [0, 0.05) is 24.3 Å².